The Morgan fingerprint density at radius 2 is 2.43 bits per heavy atom. The lowest BCUT2D eigenvalue weighted by molar-refractivity contribution is -0.107. The molecule has 2 rings (SSSR count). The van der Waals surface area contributed by atoms with Crippen LogP contribution < -0.4 is 0 Å². The molecule has 0 atom stereocenters. The summed E-state index contributed by atoms with van der Waals surface area (Å²) in [4.78, 5) is 14.8. The maximum Gasteiger partial charge on any atom is 0.159 e. The average molecular weight is 189 g/mol. The van der Waals surface area contributed by atoms with Crippen molar-refractivity contribution in [3.05, 3.63) is 29.7 Å². The minimum atomic E-state index is 0.395. The van der Waals surface area contributed by atoms with Gasteiger partial charge < -0.3 is 4.79 Å². The molecule has 2 aromatic heterocycles. The van der Waals surface area contributed by atoms with E-state index < -0.39 is 0 Å². The fourth-order valence-corrected chi connectivity index (χ4v) is 1.40. The summed E-state index contributed by atoms with van der Waals surface area (Å²) in [5, 5.41) is 4.26. The van der Waals surface area contributed by atoms with Gasteiger partial charge >= 0.3 is 0 Å². The van der Waals surface area contributed by atoms with Gasteiger partial charge in [0.25, 0.3) is 0 Å². The molecule has 0 aliphatic heterocycles. The SMILES string of the molecule is CCc1nc2c(CC=O)cccn2n1. The monoisotopic (exact) mass is 189 g/mol. The average Bonchev–Trinajstić information content (AvgIpc) is 2.62. The molecule has 0 N–H and O–H groups in total. The molecule has 4 nitrogen and oxygen atoms in total. The summed E-state index contributed by atoms with van der Waals surface area (Å²) in [7, 11) is 0. The van der Waals surface area contributed by atoms with Crippen molar-refractivity contribution < 1.29 is 4.79 Å². The Morgan fingerprint density at radius 3 is 3.14 bits per heavy atom. The number of pyridine rings is 1. The molecular weight excluding hydrogens is 178 g/mol. The van der Waals surface area contributed by atoms with Gasteiger partial charge in [0.15, 0.2) is 11.5 Å². The molecular formula is C10H11N3O. The van der Waals surface area contributed by atoms with Gasteiger partial charge in [-0.1, -0.05) is 13.0 Å². The van der Waals surface area contributed by atoms with Crippen molar-refractivity contribution >= 4 is 11.9 Å². The molecule has 0 saturated carbocycles. The van der Waals surface area contributed by atoms with E-state index in [0.29, 0.717) is 6.42 Å². The van der Waals surface area contributed by atoms with Crippen molar-refractivity contribution in [3.63, 3.8) is 0 Å². The fraction of sp³-hybridized carbons (Fsp3) is 0.300. The number of aryl methyl sites for hydroxylation is 1. The summed E-state index contributed by atoms with van der Waals surface area (Å²) in [6.45, 7) is 2.01. The highest BCUT2D eigenvalue weighted by Crippen LogP contribution is 2.08. The largest absolute Gasteiger partial charge is 0.303 e. The van der Waals surface area contributed by atoms with Crippen LogP contribution in [0.3, 0.4) is 0 Å². The van der Waals surface area contributed by atoms with E-state index in [1.807, 2.05) is 25.3 Å². The lowest BCUT2D eigenvalue weighted by Crippen LogP contribution is -1.93. The van der Waals surface area contributed by atoms with Crippen LogP contribution in [0, 0.1) is 0 Å². The molecule has 0 aromatic carbocycles. The predicted molar refractivity (Wildman–Crippen MR) is 52.1 cm³/mol. The van der Waals surface area contributed by atoms with Gasteiger partial charge in [-0.15, -0.1) is 0 Å². The molecule has 0 aliphatic rings. The topological polar surface area (TPSA) is 47.3 Å². The highest BCUT2D eigenvalue weighted by molar-refractivity contribution is 5.61. The Balaban J connectivity index is 2.60. The molecule has 0 spiro atoms. The first-order valence-corrected chi connectivity index (χ1v) is 4.62. The summed E-state index contributed by atoms with van der Waals surface area (Å²) in [6, 6.07) is 3.78. The second-order valence-corrected chi connectivity index (χ2v) is 3.05. The molecule has 2 aromatic rings. The highest BCUT2D eigenvalue weighted by atomic mass is 16.1. The zero-order chi connectivity index (χ0) is 9.97. The number of aldehydes is 1. The van der Waals surface area contributed by atoms with Crippen LogP contribution in [-0.4, -0.2) is 20.9 Å². The second-order valence-electron chi connectivity index (χ2n) is 3.05. The van der Waals surface area contributed by atoms with Crippen molar-refractivity contribution in [2.24, 2.45) is 0 Å². The van der Waals surface area contributed by atoms with Gasteiger partial charge in [-0.25, -0.2) is 9.50 Å². The normalized spacial score (nSPS) is 10.6. The van der Waals surface area contributed by atoms with Crippen molar-refractivity contribution in [2.45, 2.75) is 19.8 Å². The van der Waals surface area contributed by atoms with Crippen molar-refractivity contribution in [1.29, 1.82) is 0 Å². The number of aromatic nitrogens is 3. The number of nitrogens with zero attached hydrogens (tertiary/aromatic N) is 3. The van der Waals surface area contributed by atoms with E-state index in [1.165, 1.54) is 0 Å². The van der Waals surface area contributed by atoms with Crippen LogP contribution >= 0.6 is 0 Å². The van der Waals surface area contributed by atoms with E-state index in [4.69, 9.17) is 0 Å². The van der Waals surface area contributed by atoms with E-state index in [0.717, 1.165) is 29.7 Å². The Hall–Kier alpha value is -1.71. The van der Waals surface area contributed by atoms with Crippen LogP contribution in [0.1, 0.15) is 18.3 Å². The summed E-state index contributed by atoms with van der Waals surface area (Å²) in [6.07, 6.45) is 3.93. The van der Waals surface area contributed by atoms with E-state index in [9.17, 15) is 4.79 Å². The van der Waals surface area contributed by atoms with Crippen LogP contribution in [0.2, 0.25) is 0 Å². The molecule has 72 valence electrons. The molecule has 0 unspecified atom stereocenters. The van der Waals surface area contributed by atoms with E-state index in [1.54, 1.807) is 4.52 Å². The minimum Gasteiger partial charge on any atom is -0.303 e. The number of carbonyl (C=O) groups is 1. The van der Waals surface area contributed by atoms with Crippen LogP contribution in [0.5, 0.6) is 0 Å². The first kappa shape index (κ1) is 8.87. The third kappa shape index (κ3) is 1.39. The predicted octanol–water partition coefficient (Wildman–Crippen LogP) is 1.03. The van der Waals surface area contributed by atoms with Crippen LogP contribution in [0.15, 0.2) is 18.3 Å². The quantitative estimate of drug-likeness (QED) is 0.677. The maximum absolute atomic E-state index is 10.4. The Morgan fingerprint density at radius 1 is 1.57 bits per heavy atom. The minimum absolute atomic E-state index is 0.395. The maximum atomic E-state index is 10.4. The number of carbonyl (C=O) groups excluding carboxylic acids is 1. The molecule has 0 aliphatic carbocycles. The van der Waals surface area contributed by atoms with Gasteiger partial charge in [0.2, 0.25) is 0 Å². The van der Waals surface area contributed by atoms with Crippen molar-refractivity contribution in [3.8, 4) is 0 Å². The molecule has 0 bridgehead atoms. The molecule has 0 radical (unpaired) electrons. The Kier molecular flexibility index (Phi) is 2.26. The lowest BCUT2D eigenvalue weighted by atomic mass is 10.2. The van der Waals surface area contributed by atoms with Crippen LogP contribution in [-0.2, 0) is 17.6 Å². The third-order valence-corrected chi connectivity index (χ3v) is 2.11. The van der Waals surface area contributed by atoms with E-state index in [2.05, 4.69) is 10.1 Å². The molecule has 14 heavy (non-hydrogen) atoms. The zero-order valence-electron chi connectivity index (χ0n) is 7.97. The molecule has 0 saturated heterocycles. The number of hydrogen-bond acceptors (Lipinski definition) is 3. The summed E-state index contributed by atoms with van der Waals surface area (Å²) in [5.41, 5.74) is 1.71. The van der Waals surface area contributed by atoms with Gasteiger partial charge in [-0.2, -0.15) is 5.10 Å². The fourth-order valence-electron chi connectivity index (χ4n) is 1.40. The van der Waals surface area contributed by atoms with Gasteiger partial charge in [0.05, 0.1) is 0 Å². The standard InChI is InChI=1S/C10H11N3O/c1-2-9-11-10-8(5-7-14)4-3-6-13(10)12-9/h3-4,6-7H,2,5H2,1H3. The number of rotatable bonds is 3. The van der Waals surface area contributed by atoms with Crippen LogP contribution in [0.25, 0.3) is 5.65 Å². The first-order chi connectivity index (χ1) is 6.85. The van der Waals surface area contributed by atoms with Crippen LogP contribution in [0.4, 0.5) is 0 Å². The molecule has 0 amide bonds. The molecule has 2 heterocycles. The van der Waals surface area contributed by atoms with Gasteiger partial charge in [-0.3, -0.25) is 0 Å². The van der Waals surface area contributed by atoms with E-state index >= 15 is 0 Å². The molecule has 0 fully saturated rings. The summed E-state index contributed by atoms with van der Waals surface area (Å²) < 4.78 is 1.72. The highest BCUT2D eigenvalue weighted by Gasteiger charge is 2.05. The summed E-state index contributed by atoms with van der Waals surface area (Å²) in [5.74, 6) is 0.809. The first-order valence-electron chi connectivity index (χ1n) is 4.62. The lowest BCUT2D eigenvalue weighted by Gasteiger charge is -1.95. The zero-order valence-corrected chi connectivity index (χ0v) is 7.97. The number of hydrogen-bond donors (Lipinski definition) is 0. The molecule has 4 heteroatoms. The Bertz CT molecular complexity index is 461. The van der Waals surface area contributed by atoms with Crippen molar-refractivity contribution in [1.82, 2.24) is 14.6 Å². The Labute approximate surface area is 81.6 Å². The smallest absolute Gasteiger partial charge is 0.159 e. The van der Waals surface area contributed by atoms with E-state index in [-0.39, 0.29) is 0 Å². The van der Waals surface area contributed by atoms with Gasteiger partial charge in [0.1, 0.15) is 6.29 Å². The second kappa shape index (κ2) is 3.57. The van der Waals surface area contributed by atoms with Gasteiger partial charge in [-0.05, 0) is 6.07 Å². The van der Waals surface area contributed by atoms with Crippen molar-refractivity contribution in [2.75, 3.05) is 0 Å². The van der Waals surface area contributed by atoms with Gasteiger partial charge in [0, 0.05) is 24.6 Å². The third-order valence-electron chi connectivity index (χ3n) is 2.11. The summed E-state index contributed by atoms with van der Waals surface area (Å²) >= 11 is 0. The number of fused-ring (bicyclic) bond motifs is 1.